The van der Waals surface area contributed by atoms with Crippen LogP contribution in [-0.2, 0) is 11.2 Å². The summed E-state index contributed by atoms with van der Waals surface area (Å²) >= 11 is 0. The third-order valence-electron chi connectivity index (χ3n) is 6.51. The molecule has 1 spiro atoms. The standard InChI is InChI=1S/C22H26N6O/c29-20-7-9-22(17-27(20)14-8-18-5-1-3-12-23-18)10-15-26(16-11-22)21-25-24-19-6-2-4-13-28(19)21/h1-6,12-13H,7-11,14-17H2. The van der Waals surface area contributed by atoms with E-state index in [9.17, 15) is 4.79 Å². The molecule has 5 rings (SSSR count). The molecule has 0 aromatic carbocycles. The monoisotopic (exact) mass is 390 g/mol. The first-order chi connectivity index (χ1) is 14.2. The molecule has 0 aliphatic carbocycles. The zero-order valence-electron chi connectivity index (χ0n) is 16.6. The molecule has 2 saturated heterocycles. The van der Waals surface area contributed by atoms with Crippen LogP contribution in [0.3, 0.4) is 0 Å². The Balaban J connectivity index is 1.24. The minimum absolute atomic E-state index is 0.231. The van der Waals surface area contributed by atoms with Crippen LogP contribution in [0.15, 0.2) is 48.8 Å². The molecule has 0 unspecified atom stereocenters. The highest BCUT2D eigenvalue weighted by molar-refractivity contribution is 5.77. The number of piperidine rings is 2. The third-order valence-corrected chi connectivity index (χ3v) is 6.51. The van der Waals surface area contributed by atoms with Crippen LogP contribution < -0.4 is 4.90 Å². The van der Waals surface area contributed by atoms with Crippen LogP contribution in [0.1, 0.15) is 31.4 Å². The molecule has 1 amide bonds. The average molecular weight is 390 g/mol. The van der Waals surface area contributed by atoms with E-state index in [1.165, 1.54) is 0 Å². The number of fused-ring (bicyclic) bond motifs is 1. The van der Waals surface area contributed by atoms with E-state index in [2.05, 4.69) is 29.4 Å². The van der Waals surface area contributed by atoms with Gasteiger partial charge in [0.25, 0.3) is 0 Å². The van der Waals surface area contributed by atoms with Gasteiger partial charge in [0.15, 0.2) is 5.65 Å². The Kier molecular flexibility index (Phi) is 4.66. The van der Waals surface area contributed by atoms with Crippen molar-refractivity contribution in [3.63, 3.8) is 0 Å². The fourth-order valence-corrected chi connectivity index (χ4v) is 4.74. The summed E-state index contributed by atoms with van der Waals surface area (Å²) in [4.78, 5) is 21.3. The molecule has 0 bridgehead atoms. The smallest absolute Gasteiger partial charge is 0.231 e. The number of amides is 1. The maximum absolute atomic E-state index is 12.5. The van der Waals surface area contributed by atoms with Crippen molar-refractivity contribution in [3.8, 4) is 0 Å². The lowest BCUT2D eigenvalue weighted by Gasteiger charge is -2.47. The molecule has 3 aromatic heterocycles. The highest BCUT2D eigenvalue weighted by Crippen LogP contribution is 2.41. The minimum atomic E-state index is 0.231. The Hall–Kier alpha value is -2.96. The van der Waals surface area contributed by atoms with E-state index < -0.39 is 0 Å². The normalized spacial score (nSPS) is 19.2. The van der Waals surface area contributed by atoms with Gasteiger partial charge in [-0.2, -0.15) is 0 Å². The summed E-state index contributed by atoms with van der Waals surface area (Å²) in [7, 11) is 0. The van der Waals surface area contributed by atoms with E-state index in [1.807, 2.05) is 48.8 Å². The van der Waals surface area contributed by atoms with Gasteiger partial charge >= 0.3 is 0 Å². The summed E-state index contributed by atoms with van der Waals surface area (Å²) < 4.78 is 2.06. The van der Waals surface area contributed by atoms with Crippen molar-refractivity contribution in [1.29, 1.82) is 0 Å². The van der Waals surface area contributed by atoms with Crippen LogP contribution in [0, 0.1) is 5.41 Å². The molecule has 3 aromatic rings. The Morgan fingerprint density at radius 3 is 2.69 bits per heavy atom. The van der Waals surface area contributed by atoms with Gasteiger partial charge in [0.1, 0.15) is 0 Å². The fourth-order valence-electron chi connectivity index (χ4n) is 4.74. The van der Waals surface area contributed by atoms with E-state index in [0.717, 1.165) is 69.2 Å². The van der Waals surface area contributed by atoms with Crippen molar-refractivity contribution >= 4 is 17.5 Å². The van der Waals surface area contributed by atoms with E-state index in [4.69, 9.17) is 0 Å². The van der Waals surface area contributed by atoms with Crippen LogP contribution in [-0.4, -0.2) is 56.6 Å². The Morgan fingerprint density at radius 1 is 1.00 bits per heavy atom. The second kappa shape index (κ2) is 7.46. The molecular weight excluding hydrogens is 364 g/mol. The maximum Gasteiger partial charge on any atom is 0.231 e. The van der Waals surface area contributed by atoms with Crippen molar-refractivity contribution in [2.24, 2.45) is 5.41 Å². The van der Waals surface area contributed by atoms with Crippen molar-refractivity contribution in [2.75, 3.05) is 31.1 Å². The first-order valence-corrected chi connectivity index (χ1v) is 10.4. The molecule has 5 heterocycles. The van der Waals surface area contributed by atoms with Crippen LogP contribution in [0.4, 0.5) is 5.95 Å². The molecule has 7 heteroatoms. The number of anilines is 1. The van der Waals surface area contributed by atoms with Crippen LogP contribution in [0.25, 0.3) is 5.65 Å². The Bertz CT molecular complexity index is 993. The first-order valence-electron chi connectivity index (χ1n) is 10.4. The van der Waals surface area contributed by atoms with Gasteiger partial charge in [-0.25, -0.2) is 0 Å². The lowest BCUT2D eigenvalue weighted by atomic mass is 9.72. The van der Waals surface area contributed by atoms with Crippen LogP contribution >= 0.6 is 0 Å². The molecule has 7 nitrogen and oxygen atoms in total. The SMILES string of the molecule is O=C1CCC2(CCN(c3nnc4ccccn34)CC2)CN1CCc1ccccn1. The second-order valence-electron chi connectivity index (χ2n) is 8.30. The van der Waals surface area contributed by atoms with Gasteiger partial charge < -0.3 is 9.80 Å². The van der Waals surface area contributed by atoms with E-state index >= 15 is 0 Å². The van der Waals surface area contributed by atoms with Gasteiger partial charge in [0.05, 0.1) is 0 Å². The Labute approximate surface area is 170 Å². The van der Waals surface area contributed by atoms with Crippen molar-refractivity contribution in [3.05, 3.63) is 54.5 Å². The summed E-state index contributed by atoms with van der Waals surface area (Å²) in [6, 6.07) is 11.9. The molecule has 0 radical (unpaired) electrons. The number of aromatic nitrogens is 4. The largest absolute Gasteiger partial charge is 0.342 e. The van der Waals surface area contributed by atoms with Crippen LogP contribution in [0.2, 0.25) is 0 Å². The van der Waals surface area contributed by atoms with E-state index in [1.54, 1.807) is 0 Å². The number of carbonyl (C=O) groups is 1. The van der Waals surface area contributed by atoms with Crippen molar-refractivity contribution in [1.82, 2.24) is 24.5 Å². The van der Waals surface area contributed by atoms with Crippen molar-refractivity contribution in [2.45, 2.75) is 32.1 Å². The molecule has 2 aliphatic heterocycles. The quantitative estimate of drug-likeness (QED) is 0.685. The summed E-state index contributed by atoms with van der Waals surface area (Å²) in [6.07, 6.45) is 8.49. The molecule has 2 aliphatic rings. The fraction of sp³-hybridized carbons (Fsp3) is 0.455. The first kappa shape index (κ1) is 18.1. The number of nitrogens with zero attached hydrogens (tertiary/aromatic N) is 6. The number of pyridine rings is 2. The summed E-state index contributed by atoms with van der Waals surface area (Å²) in [5, 5.41) is 8.70. The number of rotatable bonds is 4. The topological polar surface area (TPSA) is 66.6 Å². The highest BCUT2D eigenvalue weighted by atomic mass is 16.2. The van der Waals surface area contributed by atoms with E-state index in [0.29, 0.717) is 6.42 Å². The van der Waals surface area contributed by atoms with Gasteiger partial charge in [-0.15, -0.1) is 10.2 Å². The van der Waals surface area contributed by atoms with Gasteiger partial charge in [-0.3, -0.25) is 14.2 Å². The molecular formula is C22H26N6O. The molecule has 150 valence electrons. The number of carbonyl (C=O) groups excluding carboxylic acids is 1. The molecule has 0 atom stereocenters. The predicted octanol–water partition coefficient (Wildman–Crippen LogP) is 2.58. The van der Waals surface area contributed by atoms with Gasteiger partial charge in [-0.05, 0) is 48.9 Å². The zero-order valence-corrected chi connectivity index (χ0v) is 16.6. The predicted molar refractivity (Wildman–Crippen MR) is 111 cm³/mol. The van der Waals surface area contributed by atoms with Gasteiger partial charge in [0, 0.05) is 57.1 Å². The van der Waals surface area contributed by atoms with Gasteiger partial charge in [-0.1, -0.05) is 12.1 Å². The number of hydrogen-bond donors (Lipinski definition) is 0. The lowest BCUT2D eigenvalue weighted by molar-refractivity contribution is -0.138. The second-order valence-corrected chi connectivity index (χ2v) is 8.30. The minimum Gasteiger partial charge on any atom is -0.342 e. The molecule has 29 heavy (non-hydrogen) atoms. The third kappa shape index (κ3) is 3.57. The summed E-state index contributed by atoms with van der Waals surface area (Å²) in [6.45, 7) is 3.54. The molecule has 0 N–H and O–H groups in total. The maximum atomic E-state index is 12.5. The molecule has 2 fully saturated rings. The van der Waals surface area contributed by atoms with E-state index in [-0.39, 0.29) is 11.3 Å². The average Bonchev–Trinajstić information content (AvgIpc) is 3.20. The van der Waals surface area contributed by atoms with Gasteiger partial charge in [0.2, 0.25) is 11.9 Å². The lowest BCUT2D eigenvalue weighted by Crippen LogP contribution is -2.52. The molecule has 0 saturated carbocycles. The summed E-state index contributed by atoms with van der Waals surface area (Å²) in [5.41, 5.74) is 2.16. The summed E-state index contributed by atoms with van der Waals surface area (Å²) in [5.74, 6) is 1.21. The highest BCUT2D eigenvalue weighted by Gasteiger charge is 2.41. The van der Waals surface area contributed by atoms with Crippen molar-refractivity contribution < 1.29 is 4.79 Å². The number of likely N-dealkylation sites (tertiary alicyclic amines) is 1. The number of hydrogen-bond acceptors (Lipinski definition) is 5. The Morgan fingerprint density at radius 2 is 1.86 bits per heavy atom. The van der Waals surface area contributed by atoms with Crippen LogP contribution in [0.5, 0.6) is 0 Å². The zero-order chi connectivity index (χ0) is 19.7.